The van der Waals surface area contributed by atoms with Crippen LogP contribution in [0.1, 0.15) is 27.0 Å². The summed E-state index contributed by atoms with van der Waals surface area (Å²) in [5.41, 5.74) is 4.48. The first-order chi connectivity index (χ1) is 12.7. The summed E-state index contributed by atoms with van der Waals surface area (Å²) in [6.07, 6.45) is 3.18. The van der Waals surface area contributed by atoms with Crippen molar-refractivity contribution >= 4 is 17.3 Å². The highest BCUT2D eigenvalue weighted by Gasteiger charge is 2.10. The van der Waals surface area contributed by atoms with E-state index in [1.807, 2.05) is 12.1 Å². The van der Waals surface area contributed by atoms with Crippen molar-refractivity contribution in [3.63, 3.8) is 0 Å². The lowest BCUT2D eigenvalue weighted by molar-refractivity contribution is 0.102. The topological polar surface area (TPSA) is 77.8 Å². The molecule has 0 aliphatic rings. The fourth-order valence-corrected chi connectivity index (χ4v) is 2.55. The number of para-hydroxylation sites is 1. The van der Waals surface area contributed by atoms with E-state index in [2.05, 4.69) is 40.7 Å². The first-order valence-electron chi connectivity index (χ1n) is 8.21. The van der Waals surface area contributed by atoms with Gasteiger partial charge in [-0.05, 0) is 36.2 Å². The molecule has 0 unspecified atom stereocenters. The van der Waals surface area contributed by atoms with Gasteiger partial charge in [0.05, 0.1) is 22.5 Å². The molecule has 0 aliphatic heterocycles. The largest absolute Gasteiger partial charge is 0.380 e. The van der Waals surface area contributed by atoms with Crippen LogP contribution >= 0.6 is 0 Å². The number of hydrogen-bond acceptors (Lipinski definition) is 4. The van der Waals surface area contributed by atoms with Crippen LogP contribution in [0.2, 0.25) is 0 Å². The summed E-state index contributed by atoms with van der Waals surface area (Å²) in [7, 11) is 0. The summed E-state index contributed by atoms with van der Waals surface area (Å²) in [6.45, 7) is 2.71. The molecule has 0 fully saturated rings. The normalized spacial score (nSPS) is 10.0. The number of hydrogen-bond donors (Lipinski definition) is 2. The van der Waals surface area contributed by atoms with E-state index in [1.165, 1.54) is 17.3 Å². The zero-order valence-corrected chi connectivity index (χ0v) is 14.4. The molecule has 0 bridgehead atoms. The average molecular weight is 342 g/mol. The van der Waals surface area contributed by atoms with Gasteiger partial charge in [0.1, 0.15) is 6.07 Å². The number of nitriles is 1. The Labute approximate surface area is 152 Å². The van der Waals surface area contributed by atoms with Crippen LogP contribution in [0.25, 0.3) is 0 Å². The number of anilines is 2. The Morgan fingerprint density at radius 3 is 2.69 bits per heavy atom. The Morgan fingerprint density at radius 2 is 1.88 bits per heavy atom. The maximum Gasteiger partial charge on any atom is 0.257 e. The summed E-state index contributed by atoms with van der Waals surface area (Å²) in [4.78, 5) is 16.6. The van der Waals surface area contributed by atoms with Gasteiger partial charge in [-0.3, -0.25) is 9.78 Å². The monoisotopic (exact) mass is 342 g/mol. The van der Waals surface area contributed by atoms with Crippen LogP contribution < -0.4 is 10.6 Å². The maximum atomic E-state index is 12.5. The highest BCUT2D eigenvalue weighted by Crippen LogP contribution is 2.17. The number of pyridine rings is 1. The van der Waals surface area contributed by atoms with E-state index in [9.17, 15) is 4.79 Å². The zero-order valence-electron chi connectivity index (χ0n) is 14.4. The Hall–Kier alpha value is -3.65. The van der Waals surface area contributed by atoms with E-state index in [4.69, 9.17) is 5.26 Å². The Kier molecular flexibility index (Phi) is 5.25. The number of amides is 1. The number of rotatable bonds is 5. The van der Waals surface area contributed by atoms with Gasteiger partial charge in [-0.2, -0.15) is 5.26 Å². The van der Waals surface area contributed by atoms with Gasteiger partial charge in [-0.25, -0.2) is 0 Å². The molecule has 1 aromatic heterocycles. The van der Waals surface area contributed by atoms with Gasteiger partial charge < -0.3 is 10.6 Å². The average Bonchev–Trinajstić information content (AvgIpc) is 2.68. The van der Waals surface area contributed by atoms with Crippen molar-refractivity contribution < 1.29 is 4.79 Å². The van der Waals surface area contributed by atoms with Crippen LogP contribution in [-0.2, 0) is 6.54 Å². The second kappa shape index (κ2) is 7.95. The van der Waals surface area contributed by atoms with Crippen molar-refractivity contribution in [3.05, 3.63) is 89.2 Å². The number of nitrogens with zero attached hydrogens (tertiary/aromatic N) is 2. The number of carbonyl (C=O) groups excluding carboxylic acids is 1. The highest BCUT2D eigenvalue weighted by atomic mass is 16.1. The molecular formula is C21H18N4O. The molecule has 3 aromatic rings. The third kappa shape index (κ3) is 4.05. The lowest BCUT2D eigenvalue weighted by Crippen LogP contribution is -2.13. The third-order valence-electron chi connectivity index (χ3n) is 4.04. The van der Waals surface area contributed by atoms with Crippen molar-refractivity contribution in [2.75, 3.05) is 10.6 Å². The second-order valence-corrected chi connectivity index (χ2v) is 5.85. The molecule has 0 saturated heterocycles. The molecule has 0 spiro atoms. The molecule has 0 atom stereocenters. The first kappa shape index (κ1) is 17.2. The van der Waals surface area contributed by atoms with Crippen LogP contribution in [-0.4, -0.2) is 10.9 Å². The standard InChI is InChI=1S/C21H18N4O/c1-15-6-2-3-8-17(15)13-24-19-10-18(12-23-14-19)21(26)25-20-9-5-4-7-16(20)11-22/h2-10,12,14,24H,13H2,1H3,(H,25,26). The molecule has 0 radical (unpaired) electrons. The number of benzene rings is 2. The van der Waals surface area contributed by atoms with Crippen molar-refractivity contribution in [2.24, 2.45) is 0 Å². The maximum absolute atomic E-state index is 12.5. The first-order valence-corrected chi connectivity index (χ1v) is 8.21. The van der Waals surface area contributed by atoms with Gasteiger partial charge in [-0.15, -0.1) is 0 Å². The number of aryl methyl sites for hydroxylation is 1. The molecule has 3 rings (SSSR count). The Balaban J connectivity index is 1.71. The fraction of sp³-hybridized carbons (Fsp3) is 0.0952. The van der Waals surface area contributed by atoms with Crippen molar-refractivity contribution in [2.45, 2.75) is 13.5 Å². The van der Waals surface area contributed by atoms with Crippen LogP contribution in [0.4, 0.5) is 11.4 Å². The lowest BCUT2D eigenvalue weighted by Gasteiger charge is -2.10. The van der Waals surface area contributed by atoms with Gasteiger partial charge in [0, 0.05) is 18.9 Å². The van der Waals surface area contributed by atoms with Gasteiger partial charge in [0.2, 0.25) is 0 Å². The summed E-state index contributed by atoms with van der Waals surface area (Å²) in [6, 6.07) is 18.8. The summed E-state index contributed by atoms with van der Waals surface area (Å²) in [5.74, 6) is -0.306. The molecular weight excluding hydrogens is 324 g/mol. The van der Waals surface area contributed by atoms with E-state index in [1.54, 1.807) is 36.5 Å². The fourth-order valence-electron chi connectivity index (χ4n) is 2.55. The molecule has 26 heavy (non-hydrogen) atoms. The molecule has 2 N–H and O–H groups in total. The van der Waals surface area contributed by atoms with Gasteiger partial charge in [0.25, 0.3) is 5.91 Å². The summed E-state index contributed by atoms with van der Waals surface area (Å²) >= 11 is 0. The number of nitrogens with one attached hydrogen (secondary N) is 2. The SMILES string of the molecule is Cc1ccccc1CNc1cncc(C(=O)Nc2ccccc2C#N)c1. The van der Waals surface area contributed by atoms with Crippen LogP contribution in [0, 0.1) is 18.3 Å². The smallest absolute Gasteiger partial charge is 0.257 e. The predicted molar refractivity (Wildman–Crippen MR) is 102 cm³/mol. The van der Waals surface area contributed by atoms with Gasteiger partial charge >= 0.3 is 0 Å². The molecule has 5 heteroatoms. The van der Waals surface area contributed by atoms with E-state index >= 15 is 0 Å². The van der Waals surface area contributed by atoms with Gasteiger partial charge in [0.15, 0.2) is 0 Å². The third-order valence-corrected chi connectivity index (χ3v) is 4.04. The molecule has 0 saturated carbocycles. The van der Waals surface area contributed by atoms with Crippen molar-refractivity contribution in [1.29, 1.82) is 5.26 Å². The van der Waals surface area contributed by atoms with E-state index in [0.29, 0.717) is 23.4 Å². The Morgan fingerprint density at radius 1 is 1.12 bits per heavy atom. The highest BCUT2D eigenvalue weighted by molar-refractivity contribution is 6.05. The van der Waals surface area contributed by atoms with Crippen LogP contribution in [0.15, 0.2) is 67.0 Å². The summed E-state index contributed by atoms with van der Waals surface area (Å²) in [5, 5.41) is 15.2. The molecule has 2 aromatic carbocycles. The van der Waals surface area contributed by atoms with E-state index in [0.717, 1.165) is 5.69 Å². The van der Waals surface area contributed by atoms with Gasteiger partial charge in [-0.1, -0.05) is 36.4 Å². The number of aromatic nitrogens is 1. The Bertz CT molecular complexity index is 975. The van der Waals surface area contributed by atoms with E-state index < -0.39 is 0 Å². The van der Waals surface area contributed by atoms with E-state index in [-0.39, 0.29) is 5.91 Å². The molecule has 5 nitrogen and oxygen atoms in total. The van der Waals surface area contributed by atoms with Crippen LogP contribution in [0.3, 0.4) is 0 Å². The van der Waals surface area contributed by atoms with Crippen LogP contribution in [0.5, 0.6) is 0 Å². The molecule has 128 valence electrons. The predicted octanol–water partition coefficient (Wildman–Crippen LogP) is 4.13. The number of carbonyl (C=O) groups is 1. The molecule has 1 amide bonds. The minimum absolute atomic E-state index is 0.306. The second-order valence-electron chi connectivity index (χ2n) is 5.85. The minimum atomic E-state index is -0.306. The molecule has 1 heterocycles. The quantitative estimate of drug-likeness (QED) is 0.731. The summed E-state index contributed by atoms with van der Waals surface area (Å²) < 4.78 is 0. The minimum Gasteiger partial charge on any atom is -0.380 e. The molecule has 0 aliphatic carbocycles. The van der Waals surface area contributed by atoms with Crippen molar-refractivity contribution in [3.8, 4) is 6.07 Å². The lowest BCUT2D eigenvalue weighted by atomic mass is 10.1. The zero-order chi connectivity index (χ0) is 18.4. The van der Waals surface area contributed by atoms with Crippen molar-refractivity contribution in [1.82, 2.24) is 4.98 Å².